The fourth-order valence-corrected chi connectivity index (χ4v) is 13.8. The van der Waals surface area contributed by atoms with Gasteiger partial charge in [-0.05, 0) is 43.4 Å². The third kappa shape index (κ3) is 71.5. The highest BCUT2D eigenvalue weighted by atomic mass is 31.2. The number of hydrogen-bond acceptors (Lipinski definition) is 15. The smallest absolute Gasteiger partial charge is 0.462 e. The number of rotatable bonds is 78. The average Bonchev–Trinajstić information content (AvgIpc) is 0.947. The van der Waals surface area contributed by atoms with Crippen LogP contribution in [0.5, 0.6) is 0 Å². The molecule has 0 bridgehead atoms. The standard InChI is InChI=1S/C80H156O17P2/c1-8-11-12-13-14-15-32-40-47-54-61-77(82)90-68-76(97-80(85)64-57-50-43-36-35-39-46-53-60-73(7)10-3)70-95-99(88,89)93-66-74(81)65-92-98(86,87)94-69-75(67-91-78(83)62-55-48-41-33-28-25-24-26-30-37-44-51-58-71(4)5)96-79(84)63-56-49-42-34-29-23-21-19-17-16-18-20-22-27-31-38-45-52-59-72(6)9-2/h71-76,81H,8-70H2,1-7H3,(H,86,87)(H,88,89)/t72?,73?,74-,75-,76-/m1/s1. The highest BCUT2D eigenvalue weighted by molar-refractivity contribution is 7.47. The van der Waals surface area contributed by atoms with Gasteiger partial charge < -0.3 is 33.8 Å². The molecule has 0 fully saturated rings. The number of unbranched alkanes of at least 4 members (excludes halogenated alkanes) is 44. The molecule has 0 spiro atoms. The van der Waals surface area contributed by atoms with Crippen LogP contribution in [0.4, 0.5) is 0 Å². The molecule has 99 heavy (non-hydrogen) atoms. The summed E-state index contributed by atoms with van der Waals surface area (Å²) >= 11 is 0. The van der Waals surface area contributed by atoms with E-state index in [9.17, 15) is 43.2 Å². The summed E-state index contributed by atoms with van der Waals surface area (Å²) in [6.45, 7) is 12.0. The van der Waals surface area contributed by atoms with Gasteiger partial charge in [0.15, 0.2) is 12.2 Å². The second-order valence-corrected chi connectivity index (χ2v) is 32.7. The topological polar surface area (TPSA) is 237 Å². The zero-order chi connectivity index (χ0) is 73.0. The highest BCUT2D eigenvalue weighted by Gasteiger charge is 2.30. The molecule has 19 heteroatoms. The number of esters is 4. The van der Waals surface area contributed by atoms with E-state index in [1.165, 1.54) is 225 Å². The monoisotopic (exact) mass is 1450 g/mol. The van der Waals surface area contributed by atoms with Crippen molar-refractivity contribution in [2.24, 2.45) is 17.8 Å². The highest BCUT2D eigenvalue weighted by Crippen LogP contribution is 2.45. The quantitative estimate of drug-likeness (QED) is 0.0222. The minimum absolute atomic E-state index is 0.105. The lowest BCUT2D eigenvalue weighted by atomic mass is 9.99. The molecule has 0 rings (SSSR count). The zero-order valence-corrected chi connectivity index (χ0v) is 66.8. The molecule has 0 radical (unpaired) electrons. The molecule has 4 unspecified atom stereocenters. The Bertz CT molecular complexity index is 1930. The van der Waals surface area contributed by atoms with Gasteiger partial charge in [-0.1, -0.05) is 363 Å². The van der Waals surface area contributed by atoms with Gasteiger partial charge in [-0.15, -0.1) is 0 Å². The van der Waals surface area contributed by atoms with Crippen LogP contribution in [0.2, 0.25) is 0 Å². The SMILES string of the molecule is CCCCCCCCCCCCC(=O)OC[C@H](COP(=O)(O)OC[C@H](O)COP(=O)(O)OC[C@@H](COC(=O)CCCCCCCCCCCCCCC(C)C)OC(=O)CCCCCCCCCCCCCCCCCCCCC(C)CC)OC(=O)CCCCCCCCCCC(C)CC. The Kier molecular flexibility index (Phi) is 69.0. The summed E-state index contributed by atoms with van der Waals surface area (Å²) < 4.78 is 68.6. The fourth-order valence-electron chi connectivity index (χ4n) is 12.2. The van der Waals surface area contributed by atoms with Crippen LogP contribution in [0.15, 0.2) is 0 Å². The second kappa shape index (κ2) is 70.4. The lowest BCUT2D eigenvalue weighted by Gasteiger charge is -2.21. The zero-order valence-electron chi connectivity index (χ0n) is 65.0. The predicted molar refractivity (Wildman–Crippen MR) is 405 cm³/mol. The third-order valence-electron chi connectivity index (χ3n) is 19.4. The first kappa shape index (κ1) is 97.1. The summed E-state index contributed by atoms with van der Waals surface area (Å²) in [6.07, 6.45) is 58.2. The van der Waals surface area contributed by atoms with Crippen LogP contribution in [0.1, 0.15) is 414 Å². The minimum atomic E-state index is -4.96. The van der Waals surface area contributed by atoms with E-state index in [4.69, 9.17) is 37.0 Å². The maximum absolute atomic E-state index is 13.1. The van der Waals surface area contributed by atoms with Crippen LogP contribution < -0.4 is 0 Å². The number of phosphoric ester groups is 2. The molecule has 0 aromatic rings. The van der Waals surface area contributed by atoms with Crippen molar-refractivity contribution in [2.75, 3.05) is 39.6 Å². The van der Waals surface area contributed by atoms with Crippen LogP contribution in [0.3, 0.4) is 0 Å². The normalized spacial score (nSPS) is 14.5. The Balaban J connectivity index is 5.21. The molecule has 588 valence electrons. The van der Waals surface area contributed by atoms with Crippen LogP contribution in [-0.4, -0.2) is 96.7 Å². The van der Waals surface area contributed by atoms with Gasteiger partial charge >= 0.3 is 39.5 Å². The van der Waals surface area contributed by atoms with Crippen molar-refractivity contribution >= 4 is 39.5 Å². The van der Waals surface area contributed by atoms with E-state index in [1.807, 2.05) is 0 Å². The summed E-state index contributed by atoms with van der Waals surface area (Å²) in [5.74, 6) is 0.308. The number of carbonyl (C=O) groups excluding carboxylic acids is 4. The van der Waals surface area contributed by atoms with Crippen molar-refractivity contribution in [3.63, 3.8) is 0 Å². The lowest BCUT2D eigenvalue weighted by molar-refractivity contribution is -0.161. The van der Waals surface area contributed by atoms with Gasteiger partial charge in [-0.3, -0.25) is 37.3 Å². The molecule has 3 N–H and O–H groups in total. The molecule has 0 aromatic carbocycles. The first-order chi connectivity index (χ1) is 47.8. The molecule has 0 saturated carbocycles. The molecule has 0 heterocycles. The number of aliphatic hydroxyl groups excluding tert-OH is 1. The van der Waals surface area contributed by atoms with E-state index in [-0.39, 0.29) is 25.7 Å². The third-order valence-corrected chi connectivity index (χ3v) is 21.3. The van der Waals surface area contributed by atoms with Crippen LogP contribution >= 0.6 is 15.6 Å². The molecule has 7 atom stereocenters. The van der Waals surface area contributed by atoms with Crippen molar-refractivity contribution in [1.82, 2.24) is 0 Å². The van der Waals surface area contributed by atoms with Crippen molar-refractivity contribution < 1.29 is 80.2 Å². The molecule has 17 nitrogen and oxygen atoms in total. The first-order valence-electron chi connectivity index (χ1n) is 41.4. The Morgan fingerprint density at radius 3 is 0.768 bits per heavy atom. The van der Waals surface area contributed by atoms with Crippen molar-refractivity contribution in [1.29, 1.82) is 0 Å². The van der Waals surface area contributed by atoms with E-state index in [0.29, 0.717) is 25.7 Å². The van der Waals surface area contributed by atoms with Gasteiger partial charge in [-0.25, -0.2) is 9.13 Å². The molecular formula is C80H156O17P2. The maximum atomic E-state index is 13.1. The van der Waals surface area contributed by atoms with Gasteiger partial charge in [0.2, 0.25) is 0 Å². The summed E-state index contributed by atoms with van der Waals surface area (Å²) in [5, 5.41) is 10.6. The number of hydrogen-bond donors (Lipinski definition) is 3. The fraction of sp³-hybridized carbons (Fsp3) is 0.950. The molecule has 0 saturated heterocycles. The molecule has 0 aliphatic rings. The Labute approximate surface area is 607 Å². The van der Waals surface area contributed by atoms with E-state index in [2.05, 4.69) is 48.5 Å². The Morgan fingerprint density at radius 1 is 0.293 bits per heavy atom. The van der Waals surface area contributed by atoms with Gasteiger partial charge in [0, 0.05) is 25.7 Å². The largest absolute Gasteiger partial charge is 0.472 e. The molecular weight excluding hydrogens is 1290 g/mol. The van der Waals surface area contributed by atoms with Crippen molar-refractivity contribution in [2.45, 2.75) is 433 Å². The van der Waals surface area contributed by atoms with E-state index >= 15 is 0 Å². The Morgan fingerprint density at radius 2 is 0.515 bits per heavy atom. The summed E-state index contributed by atoms with van der Waals surface area (Å²) in [6, 6.07) is 0. The number of aliphatic hydroxyl groups is 1. The van der Waals surface area contributed by atoms with Gasteiger partial charge in [0.1, 0.15) is 19.3 Å². The lowest BCUT2D eigenvalue weighted by Crippen LogP contribution is -2.30. The van der Waals surface area contributed by atoms with Crippen molar-refractivity contribution in [3.05, 3.63) is 0 Å². The van der Waals surface area contributed by atoms with E-state index in [1.54, 1.807) is 0 Å². The number of ether oxygens (including phenoxy) is 4. The number of phosphoric acid groups is 2. The van der Waals surface area contributed by atoms with E-state index in [0.717, 1.165) is 108 Å². The molecule has 0 amide bonds. The molecule has 0 aromatic heterocycles. The van der Waals surface area contributed by atoms with Crippen LogP contribution in [0.25, 0.3) is 0 Å². The molecule has 0 aliphatic heterocycles. The predicted octanol–water partition coefficient (Wildman–Crippen LogP) is 23.7. The van der Waals surface area contributed by atoms with Crippen LogP contribution in [-0.2, 0) is 65.4 Å². The summed E-state index contributed by atoms with van der Waals surface area (Å²) in [5.41, 5.74) is 0. The minimum Gasteiger partial charge on any atom is -0.462 e. The van der Waals surface area contributed by atoms with Gasteiger partial charge in [0.05, 0.1) is 26.4 Å². The second-order valence-electron chi connectivity index (χ2n) is 29.8. The van der Waals surface area contributed by atoms with Crippen LogP contribution in [0, 0.1) is 17.8 Å². The average molecular weight is 1450 g/mol. The number of carbonyl (C=O) groups is 4. The summed E-state index contributed by atoms with van der Waals surface area (Å²) in [4.78, 5) is 72.9. The van der Waals surface area contributed by atoms with Crippen molar-refractivity contribution in [3.8, 4) is 0 Å². The molecule has 0 aliphatic carbocycles. The van der Waals surface area contributed by atoms with Gasteiger partial charge in [0.25, 0.3) is 0 Å². The van der Waals surface area contributed by atoms with Gasteiger partial charge in [-0.2, -0.15) is 0 Å². The maximum Gasteiger partial charge on any atom is 0.472 e. The first-order valence-corrected chi connectivity index (χ1v) is 44.4. The summed E-state index contributed by atoms with van der Waals surface area (Å²) in [7, 11) is -9.92. The Hall–Kier alpha value is -1.94. The van der Waals surface area contributed by atoms with E-state index < -0.39 is 97.5 Å².